The predicted molar refractivity (Wildman–Crippen MR) is 90.4 cm³/mol. The maximum atomic E-state index is 5.13. The van der Waals surface area contributed by atoms with E-state index in [-0.39, 0.29) is 0 Å². The van der Waals surface area contributed by atoms with E-state index >= 15 is 0 Å². The van der Waals surface area contributed by atoms with Gasteiger partial charge < -0.3 is 15.0 Å². The molecule has 21 heavy (non-hydrogen) atoms. The Morgan fingerprint density at radius 3 is 2.86 bits per heavy atom. The van der Waals surface area contributed by atoms with Gasteiger partial charge in [-0.05, 0) is 31.6 Å². The van der Waals surface area contributed by atoms with Crippen molar-refractivity contribution in [2.45, 2.75) is 58.0 Å². The molecule has 1 N–H and O–H groups in total. The summed E-state index contributed by atoms with van der Waals surface area (Å²) in [6.45, 7) is 7.31. The Balaban J connectivity index is 2.02. The van der Waals surface area contributed by atoms with Crippen LogP contribution in [0.2, 0.25) is 0 Å². The summed E-state index contributed by atoms with van der Waals surface area (Å²) >= 11 is 1.85. The lowest BCUT2D eigenvalue weighted by Gasteiger charge is -2.15. The van der Waals surface area contributed by atoms with Gasteiger partial charge in [0, 0.05) is 44.8 Å². The molecule has 4 nitrogen and oxygen atoms in total. The lowest BCUT2D eigenvalue weighted by molar-refractivity contribution is 0.196. The zero-order chi connectivity index (χ0) is 15.2. The number of nitrogens with one attached hydrogen (secondary N) is 1. The molecule has 1 atom stereocenters. The van der Waals surface area contributed by atoms with Crippen molar-refractivity contribution in [3.05, 3.63) is 10.6 Å². The molecule has 1 aliphatic carbocycles. The molecule has 0 amide bonds. The summed E-state index contributed by atoms with van der Waals surface area (Å²) in [6.07, 6.45) is 4.86. The topological polar surface area (TPSA) is 37.4 Å². The van der Waals surface area contributed by atoms with Crippen LogP contribution in [0.25, 0.3) is 0 Å². The van der Waals surface area contributed by atoms with Crippen molar-refractivity contribution in [3.63, 3.8) is 0 Å². The largest absolute Gasteiger partial charge is 0.385 e. The van der Waals surface area contributed by atoms with Gasteiger partial charge in [0.1, 0.15) is 0 Å². The molecule has 5 heteroatoms. The van der Waals surface area contributed by atoms with Crippen LogP contribution in [0.5, 0.6) is 0 Å². The van der Waals surface area contributed by atoms with E-state index in [2.05, 4.69) is 31.1 Å². The van der Waals surface area contributed by atoms with Crippen LogP contribution >= 0.6 is 11.3 Å². The molecule has 0 bridgehead atoms. The van der Waals surface area contributed by atoms with Crippen molar-refractivity contribution in [1.29, 1.82) is 0 Å². The van der Waals surface area contributed by atoms with Crippen molar-refractivity contribution in [2.75, 3.05) is 32.2 Å². The van der Waals surface area contributed by atoms with Crippen molar-refractivity contribution in [2.24, 2.45) is 0 Å². The standard InChI is InChI=1S/C16H29N3OS/c1-5-12(2)15-14(11-17-13-7-8-13)21-16(18-15)19(3)9-6-10-20-4/h12-13,17H,5-11H2,1-4H3. The molecule has 0 aliphatic heterocycles. The van der Waals surface area contributed by atoms with E-state index in [0.717, 1.165) is 43.7 Å². The van der Waals surface area contributed by atoms with Crippen LogP contribution in [0.1, 0.15) is 56.0 Å². The summed E-state index contributed by atoms with van der Waals surface area (Å²) in [5.74, 6) is 0.540. The van der Waals surface area contributed by atoms with E-state index in [4.69, 9.17) is 9.72 Å². The van der Waals surface area contributed by atoms with Crippen LogP contribution in [-0.4, -0.2) is 38.3 Å². The van der Waals surface area contributed by atoms with E-state index in [1.54, 1.807) is 7.11 Å². The van der Waals surface area contributed by atoms with Crippen LogP contribution in [-0.2, 0) is 11.3 Å². The van der Waals surface area contributed by atoms with Gasteiger partial charge >= 0.3 is 0 Å². The molecule has 120 valence electrons. The van der Waals surface area contributed by atoms with Crippen molar-refractivity contribution >= 4 is 16.5 Å². The molecule has 0 saturated heterocycles. The number of rotatable bonds is 10. The second-order valence-electron chi connectivity index (χ2n) is 6.04. The minimum Gasteiger partial charge on any atom is -0.385 e. The molecule has 1 saturated carbocycles. The van der Waals surface area contributed by atoms with Gasteiger partial charge in [-0.2, -0.15) is 0 Å². The zero-order valence-electron chi connectivity index (χ0n) is 13.8. The Hall–Kier alpha value is -0.650. The summed E-state index contributed by atoms with van der Waals surface area (Å²) in [5, 5.41) is 4.78. The van der Waals surface area contributed by atoms with E-state index in [9.17, 15) is 0 Å². The monoisotopic (exact) mass is 311 g/mol. The van der Waals surface area contributed by atoms with Crippen molar-refractivity contribution in [3.8, 4) is 0 Å². The predicted octanol–water partition coefficient (Wildman–Crippen LogP) is 3.38. The molecule has 1 fully saturated rings. The minimum atomic E-state index is 0.540. The van der Waals surface area contributed by atoms with Crippen LogP contribution in [0, 0.1) is 0 Å². The number of ether oxygens (including phenoxy) is 1. The first kappa shape index (κ1) is 16.7. The van der Waals surface area contributed by atoms with Gasteiger partial charge in [0.2, 0.25) is 0 Å². The first-order valence-corrected chi connectivity index (χ1v) is 8.90. The Kier molecular flexibility index (Phi) is 6.45. The summed E-state index contributed by atoms with van der Waals surface area (Å²) in [5.41, 5.74) is 1.30. The van der Waals surface area contributed by atoms with E-state index in [0.29, 0.717) is 5.92 Å². The minimum absolute atomic E-state index is 0.540. The van der Waals surface area contributed by atoms with Crippen molar-refractivity contribution in [1.82, 2.24) is 10.3 Å². The maximum Gasteiger partial charge on any atom is 0.185 e. The highest BCUT2D eigenvalue weighted by molar-refractivity contribution is 7.15. The van der Waals surface area contributed by atoms with Crippen LogP contribution < -0.4 is 10.2 Å². The summed E-state index contributed by atoms with van der Waals surface area (Å²) < 4.78 is 5.13. The Morgan fingerprint density at radius 2 is 2.24 bits per heavy atom. The SMILES string of the molecule is CCC(C)c1nc(N(C)CCCOC)sc1CNC1CC1. The molecule has 1 aromatic heterocycles. The van der Waals surface area contributed by atoms with Crippen LogP contribution in [0.3, 0.4) is 0 Å². The quantitative estimate of drug-likeness (QED) is 0.672. The number of thiazole rings is 1. The summed E-state index contributed by atoms with van der Waals surface area (Å²) in [6, 6.07) is 0.750. The highest BCUT2D eigenvalue weighted by Crippen LogP contribution is 2.32. The first-order chi connectivity index (χ1) is 10.2. The van der Waals surface area contributed by atoms with Gasteiger partial charge in [0.15, 0.2) is 5.13 Å². The van der Waals surface area contributed by atoms with E-state index in [1.807, 2.05) is 11.3 Å². The first-order valence-electron chi connectivity index (χ1n) is 8.08. The van der Waals surface area contributed by atoms with Gasteiger partial charge in [0.05, 0.1) is 5.69 Å². The molecule has 0 spiro atoms. The molecule has 0 radical (unpaired) electrons. The molecular formula is C16H29N3OS. The average Bonchev–Trinajstić information content (AvgIpc) is 3.22. The molecule has 1 aliphatic rings. The van der Waals surface area contributed by atoms with Gasteiger partial charge in [-0.3, -0.25) is 0 Å². The average molecular weight is 311 g/mol. The van der Waals surface area contributed by atoms with Gasteiger partial charge in [-0.25, -0.2) is 4.98 Å². The van der Waals surface area contributed by atoms with Crippen molar-refractivity contribution < 1.29 is 4.74 Å². The van der Waals surface area contributed by atoms with Crippen LogP contribution in [0.15, 0.2) is 0 Å². The number of hydrogen-bond acceptors (Lipinski definition) is 5. The number of methoxy groups -OCH3 is 1. The van der Waals surface area contributed by atoms with Crippen LogP contribution in [0.4, 0.5) is 5.13 Å². The molecule has 0 aromatic carbocycles. The molecule has 1 aromatic rings. The third kappa shape index (κ3) is 4.94. The highest BCUT2D eigenvalue weighted by Gasteiger charge is 2.23. The molecule has 1 heterocycles. The smallest absolute Gasteiger partial charge is 0.185 e. The lowest BCUT2D eigenvalue weighted by Crippen LogP contribution is -2.19. The molecular weight excluding hydrogens is 282 g/mol. The third-order valence-electron chi connectivity index (χ3n) is 4.09. The Bertz CT molecular complexity index is 431. The summed E-state index contributed by atoms with van der Waals surface area (Å²) in [4.78, 5) is 8.60. The number of aromatic nitrogens is 1. The molecule has 2 rings (SSSR count). The fourth-order valence-corrected chi connectivity index (χ4v) is 3.40. The fraction of sp³-hybridized carbons (Fsp3) is 0.812. The number of nitrogens with zero attached hydrogens (tertiary/aromatic N) is 2. The molecule has 1 unspecified atom stereocenters. The zero-order valence-corrected chi connectivity index (χ0v) is 14.6. The second kappa shape index (κ2) is 8.11. The number of anilines is 1. The van der Waals surface area contributed by atoms with Gasteiger partial charge in [-0.15, -0.1) is 11.3 Å². The maximum absolute atomic E-state index is 5.13. The highest BCUT2D eigenvalue weighted by atomic mass is 32.1. The normalized spacial score (nSPS) is 16.2. The second-order valence-corrected chi connectivity index (χ2v) is 7.10. The third-order valence-corrected chi connectivity index (χ3v) is 5.28. The summed E-state index contributed by atoms with van der Waals surface area (Å²) in [7, 11) is 3.89. The fourth-order valence-electron chi connectivity index (χ4n) is 2.29. The Labute approximate surface area is 132 Å². The number of hydrogen-bond donors (Lipinski definition) is 1. The van der Waals surface area contributed by atoms with Gasteiger partial charge in [0.25, 0.3) is 0 Å². The van der Waals surface area contributed by atoms with Gasteiger partial charge in [-0.1, -0.05) is 13.8 Å². The van der Waals surface area contributed by atoms with E-state index < -0.39 is 0 Å². The van der Waals surface area contributed by atoms with E-state index in [1.165, 1.54) is 23.4 Å². The Morgan fingerprint density at radius 1 is 1.48 bits per heavy atom. The lowest BCUT2D eigenvalue weighted by atomic mass is 10.0.